The van der Waals surface area contributed by atoms with Crippen LogP contribution in [0, 0.1) is 0 Å². The maximum atomic E-state index is 2.43. The minimum Gasteiger partial charge on any atom is -0.309 e. The Bertz CT molecular complexity index is 4860. The van der Waals surface area contributed by atoms with Crippen molar-refractivity contribution >= 4 is 66.4 Å². The van der Waals surface area contributed by atoms with Crippen molar-refractivity contribution in [2.45, 2.75) is 0 Å². The number of aromatic nitrogens is 2. The molecule has 0 saturated carbocycles. The van der Waals surface area contributed by atoms with Crippen LogP contribution < -0.4 is 4.48 Å². The molecule has 2 aromatic heterocycles. The molecule has 1 aliphatic heterocycles. The van der Waals surface area contributed by atoms with Gasteiger partial charge in [0.25, 0.3) is 0 Å². The highest BCUT2D eigenvalue weighted by molar-refractivity contribution is 6.13. The predicted molar refractivity (Wildman–Crippen MR) is 341 cm³/mol. The zero-order valence-electron chi connectivity index (χ0n) is 44.4. The quantitative estimate of drug-likeness (QED) is 0.128. The Labute approximate surface area is 471 Å². The van der Waals surface area contributed by atoms with E-state index in [4.69, 9.17) is 0 Å². The zero-order valence-corrected chi connectivity index (χ0v) is 44.4. The first-order valence-electron chi connectivity index (χ1n) is 27.9. The second-order valence-electron chi connectivity index (χ2n) is 21.4. The van der Waals surface area contributed by atoms with Crippen LogP contribution in [0.15, 0.2) is 315 Å². The number of hydrogen-bond donors (Lipinski definition) is 0. The molecule has 81 heavy (non-hydrogen) atoms. The van der Waals surface area contributed by atoms with Crippen LogP contribution in [-0.2, 0) is 0 Å². The highest BCUT2D eigenvalue weighted by atomic mass is 15.4. The Morgan fingerprint density at radius 3 is 1.07 bits per heavy atom. The Morgan fingerprint density at radius 1 is 0.198 bits per heavy atom. The molecule has 0 fully saturated rings. The molecular formula is C78H52N3+. The van der Waals surface area contributed by atoms with E-state index in [-0.39, 0.29) is 0 Å². The molecule has 3 heteroatoms. The molecule has 378 valence electrons. The van der Waals surface area contributed by atoms with Crippen molar-refractivity contribution in [2.75, 3.05) is 0 Å². The fraction of sp³-hybridized carbons (Fsp3) is 0. The monoisotopic (exact) mass is 1030 g/mol. The van der Waals surface area contributed by atoms with Crippen LogP contribution in [0.2, 0.25) is 0 Å². The van der Waals surface area contributed by atoms with Gasteiger partial charge in [-0.25, -0.2) is 0 Å². The zero-order chi connectivity index (χ0) is 53.4. The summed E-state index contributed by atoms with van der Waals surface area (Å²) in [5, 5.41) is 4.95. The first-order chi connectivity index (χ1) is 40.2. The van der Waals surface area contributed by atoms with E-state index in [0.29, 0.717) is 4.48 Å². The average Bonchev–Trinajstić information content (AvgIpc) is 3.70. The largest absolute Gasteiger partial charge is 0.309 e. The van der Waals surface area contributed by atoms with Crippen LogP contribution in [0.4, 0.5) is 22.7 Å². The number of hydrogen-bond acceptors (Lipinski definition) is 0. The van der Waals surface area contributed by atoms with Crippen LogP contribution >= 0.6 is 0 Å². The molecule has 0 amide bonds. The van der Waals surface area contributed by atoms with Crippen molar-refractivity contribution in [1.29, 1.82) is 0 Å². The van der Waals surface area contributed by atoms with Gasteiger partial charge in [-0.1, -0.05) is 206 Å². The third-order valence-corrected chi connectivity index (χ3v) is 17.0. The Kier molecular flexibility index (Phi) is 10.8. The molecule has 0 N–H and O–H groups in total. The van der Waals surface area contributed by atoms with Crippen LogP contribution in [-0.4, -0.2) is 9.13 Å². The van der Waals surface area contributed by atoms with Gasteiger partial charge in [-0.15, -0.1) is 0 Å². The normalized spacial score (nSPS) is 12.5. The first-order valence-corrected chi connectivity index (χ1v) is 27.9. The minimum absolute atomic E-state index is 0.490. The van der Waals surface area contributed by atoms with Crippen molar-refractivity contribution in [3.8, 4) is 78.1 Å². The highest BCUT2D eigenvalue weighted by Crippen LogP contribution is 2.62. The summed E-state index contributed by atoms with van der Waals surface area (Å²) in [4.78, 5) is 0. The molecular weight excluding hydrogens is 979 g/mol. The fourth-order valence-corrected chi connectivity index (χ4v) is 13.2. The number of nitrogens with zero attached hydrogens (tertiary/aromatic N) is 3. The van der Waals surface area contributed by atoms with Gasteiger partial charge in [0.15, 0.2) is 11.4 Å². The van der Waals surface area contributed by atoms with E-state index in [1.807, 2.05) is 0 Å². The molecule has 0 spiro atoms. The summed E-state index contributed by atoms with van der Waals surface area (Å²) in [5.74, 6) is 0. The number of rotatable bonds is 9. The molecule has 0 radical (unpaired) electrons. The molecule has 15 aromatic rings. The lowest BCUT2D eigenvalue weighted by Gasteiger charge is -2.35. The Morgan fingerprint density at radius 2 is 0.543 bits per heavy atom. The molecule has 1 aliphatic rings. The maximum absolute atomic E-state index is 2.43. The molecule has 13 aromatic carbocycles. The van der Waals surface area contributed by atoms with Gasteiger partial charge in [0.05, 0.1) is 33.2 Å². The summed E-state index contributed by atoms with van der Waals surface area (Å²) in [7, 11) is 0. The molecule has 3 nitrogen and oxygen atoms in total. The van der Waals surface area contributed by atoms with Crippen LogP contribution in [0.3, 0.4) is 0 Å². The molecule has 0 aliphatic carbocycles. The summed E-state index contributed by atoms with van der Waals surface area (Å²) < 4.78 is 5.32. The molecule has 3 heterocycles. The van der Waals surface area contributed by atoms with Crippen molar-refractivity contribution in [3.05, 3.63) is 315 Å². The van der Waals surface area contributed by atoms with Gasteiger partial charge < -0.3 is 9.13 Å². The van der Waals surface area contributed by atoms with E-state index in [2.05, 4.69) is 325 Å². The second-order valence-corrected chi connectivity index (χ2v) is 21.4. The van der Waals surface area contributed by atoms with E-state index in [1.54, 1.807) is 0 Å². The number of fused-ring (bicyclic) bond motifs is 9. The first kappa shape index (κ1) is 46.5. The smallest absolute Gasteiger partial charge is 0.156 e. The van der Waals surface area contributed by atoms with Crippen LogP contribution in [0.25, 0.3) is 122 Å². The standard InChI is InChI=1S/C78H52N3/c1-3-18-53(19-4-1)55-40-44-63(45-41-55)79-73-32-11-7-28-67(73)71-51-61(42-46-75(71)79)62-43-47-76-72(52-62)68-29-8-12-33-74(68)80(76)64-25-15-22-58(48-64)56-36-38-57(39-37-56)60-24-17-27-66(50-60)81(65-26-16-23-59(49-65)54-20-5-2-6-21-54)77-34-13-9-30-69(77)70-31-10-14-35-78(70)81/h1-52H/q+1. The lowest BCUT2D eigenvalue weighted by atomic mass is 9.98. The third-order valence-electron chi connectivity index (χ3n) is 17.0. The summed E-state index contributed by atoms with van der Waals surface area (Å²) in [6, 6.07) is 116. The summed E-state index contributed by atoms with van der Waals surface area (Å²) in [6.07, 6.45) is 0. The molecule has 0 bridgehead atoms. The Balaban J connectivity index is 0.740. The molecule has 0 unspecified atom stereocenters. The highest BCUT2D eigenvalue weighted by Gasteiger charge is 2.48. The predicted octanol–water partition coefficient (Wildman–Crippen LogP) is 21.5. The number of quaternary nitrogens is 1. The number of benzene rings is 13. The van der Waals surface area contributed by atoms with Gasteiger partial charge in [0.1, 0.15) is 11.4 Å². The lowest BCUT2D eigenvalue weighted by Crippen LogP contribution is -2.31. The fourth-order valence-electron chi connectivity index (χ4n) is 13.2. The van der Waals surface area contributed by atoms with Gasteiger partial charge in [0, 0.05) is 69.3 Å². The van der Waals surface area contributed by atoms with E-state index >= 15 is 0 Å². The van der Waals surface area contributed by atoms with Crippen molar-refractivity contribution < 1.29 is 0 Å². The minimum atomic E-state index is 0.490. The summed E-state index contributed by atoms with van der Waals surface area (Å²) in [5.41, 5.74) is 26.4. The summed E-state index contributed by atoms with van der Waals surface area (Å²) >= 11 is 0. The van der Waals surface area contributed by atoms with Gasteiger partial charge >= 0.3 is 0 Å². The third kappa shape index (κ3) is 7.48. The van der Waals surface area contributed by atoms with Gasteiger partial charge in [-0.05, 0) is 128 Å². The van der Waals surface area contributed by atoms with Gasteiger partial charge in [-0.3, -0.25) is 0 Å². The molecule has 0 saturated heterocycles. The molecule has 16 rings (SSSR count). The van der Waals surface area contributed by atoms with E-state index in [1.165, 1.54) is 133 Å². The second kappa shape index (κ2) is 18.8. The van der Waals surface area contributed by atoms with Crippen molar-refractivity contribution in [3.63, 3.8) is 0 Å². The van der Waals surface area contributed by atoms with E-state index in [0.717, 1.165) is 11.4 Å². The molecule has 0 atom stereocenters. The van der Waals surface area contributed by atoms with Crippen LogP contribution in [0.5, 0.6) is 0 Å². The maximum Gasteiger partial charge on any atom is 0.156 e. The lowest BCUT2D eigenvalue weighted by molar-refractivity contribution is 0.721. The van der Waals surface area contributed by atoms with E-state index in [9.17, 15) is 0 Å². The van der Waals surface area contributed by atoms with Gasteiger partial charge in [0.2, 0.25) is 0 Å². The van der Waals surface area contributed by atoms with E-state index < -0.39 is 0 Å². The number of para-hydroxylation sites is 4. The SMILES string of the molecule is c1ccc(-c2ccc(-n3c4ccccc4c4cc(-c5ccc6c(c5)c5ccccc5n6-c5cccc(-c6ccc(-c7cccc([N+]8(c9cccc(-c%10ccccc%10)c9)c9ccccc9-c9ccccc98)c7)cc6)c5)ccc43)cc2)cc1. The average molecular weight is 1030 g/mol. The van der Waals surface area contributed by atoms with Crippen LogP contribution in [0.1, 0.15) is 0 Å². The van der Waals surface area contributed by atoms with Crippen molar-refractivity contribution in [2.24, 2.45) is 0 Å². The summed E-state index contributed by atoms with van der Waals surface area (Å²) in [6.45, 7) is 0. The topological polar surface area (TPSA) is 9.86 Å². The Hall–Kier alpha value is -10.6. The van der Waals surface area contributed by atoms with Gasteiger partial charge in [-0.2, -0.15) is 4.48 Å². The van der Waals surface area contributed by atoms with Crippen molar-refractivity contribution in [1.82, 2.24) is 13.6 Å².